The highest BCUT2D eigenvalue weighted by atomic mass is 19.4. The van der Waals surface area contributed by atoms with Crippen LogP contribution in [0.15, 0.2) is 17.3 Å². The van der Waals surface area contributed by atoms with Crippen molar-refractivity contribution in [3.05, 3.63) is 18.0 Å². The van der Waals surface area contributed by atoms with Crippen LogP contribution >= 0.6 is 0 Å². The van der Waals surface area contributed by atoms with Crippen LogP contribution in [0.2, 0.25) is 0 Å². The largest absolute Gasteiger partial charge is 0.433 e. The molecule has 2 heterocycles. The monoisotopic (exact) mass is 403 g/mol. The third-order valence-electron chi connectivity index (χ3n) is 4.00. The molecule has 1 saturated heterocycles. The molecule has 3 N–H and O–H groups in total. The van der Waals surface area contributed by atoms with Gasteiger partial charge in [0, 0.05) is 52.0 Å². The lowest BCUT2D eigenvalue weighted by Crippen LogP contribution is -2.40. The van der Waals surface area contributed by atoms with E-state index in [-0.39, 0.29) is 5.95 Å². The van der Waals surface area contributed by atoms with Crippen molar-refractivity contribution in [3.8, 4) is 0 Å². The fourth-order valence-corrected chi connectivity index (χ4v) is 2.61. The molecular formula is C17H28F3N7O. The minimum absolute atomic E-state index is 0.0518. The molecule has 1 aliphatic heterocycles. The van der Waals surface area contributed by atoms with Crippen LogP contribution in [0, 0.1) is 0 Å². The van der Waals surface area contributed by atoms with E-state index in [0.29, 0.717) is 25.6 Å². The maximum Gasteiger partial charge on any atom is 0.433 e. The van der Waals surface area contributed by atoms with Gasteiger partial charge in [0.15, 0.2) is 5.96 Å². The highest BCUT2D eigenvalue weighted by molar-refractivity contribution is 5.79. The standard InChI is InChI=1S/C17H28F3N7O/c1-2-21-15(22-5-3-9-27-10-12-28-13-11-27)24-7-8-25-16-23-6-4-14(26-16)17(18,19)20/h4,6H,2-3,5,7-13H2,1H3,(H2,21,22,24)(H,23,25,26). The first kappa shape index (κ1) is 22.2. The molecule has 0 saturated carbocycles. The van der Waals surface area contributed by atoms with Gasteiger partial charge in [-0.2, -0.15) is 13.2 Å². The van der Waals surface area contributed by atoms with E-state index in [1.165, 1.54) is 0 Å². The van der Waals surface area contributed by atoms with Gasteiger partial charge in [0.05, 0.1) is 13.2 Å². The third-order valence-corrected chi connectivity index (χ3v) is 4.00. The van der Waals surface area contributed by atoms with Gasteiger partial charge in [-0.05, 0) is 19.4 Å². The highest BCUT2D eigenvalue weighted by Crippen LogP contribution is 2.27. The van der Waals surface area contributed by atoms with E-state index in [4.69, 9.17) is 4.74 Å². The van der Waals surface area contributed by atoms with Gasteiger partial charge in [0.2, 0.25) is 5.95 Å². The first-order valence-electron chi connectivity index (χ1n) is 9.45. The van der Waals surface area contributed by atoms with Gasteiger partial charge >= 0.3 is 6.18 Å². The molecule has 8 nitrogen and oxygen atoms in total. The second-order valence-corrected chi connectivity index (χ2v) is 6.19. The zero-order chi connectivity index (χ0) is 20.2. The van der Waals surface area contributed by atoms with Gasteiger partial charge in [0.1, 0.15) is 5.69 Å². The van der Waals surface area contributed by atoms with Crippen LogP contribution in [0.1, 0.15) is 19.0 Å². The van der Waals surface area contributed by atoms with Crippen LogP contribution < -0.4 is 16.0 Å². The van der Waals surface area contributed by atoms with E-state index in [9.17, 15) is 13.2 Å². The Morgan fingerprint density at radius 1 is 1.25 bits per heavy atom. The predicted octanol–water partition coefficient (Wildman–Crippen LogP) is 1.18. The van der Waals surface area contributed by atoms with Gasteiger partial charge in [0.25, 0.3) is 0 Å². The molecule has 0 bridgehead atoms. The van der Waals surface area contributed by atoms with E-state index in [2.05, 4.69) is 35.8 Å². The maximum absolute atomic E-state index is 12.6. The zero-order valence-electron chi connectivity index (χ0n) is 16.1. The Balaban J connectivity index is 1.69. The Hall–Kier alpha value is -2.14. The highest BCUT2D eigenvalue weighted by Gasteiger charge is 2.32. The van der Waals surface area contributed by atoms with Crippen LogP contribution in [0.5, 0.6) is 0 Å². The number of hydrogen-bond acceptors (Lipinski definition) is 6. The summed E-state index contributed by atoms with van der Waals surface area (Å²) in [5.74, 6) is 0.625. The van der Waals surface area contributed by atoms with Crippen molar-refractivity contribution in [2.75, 3.05) is 64.3 Å². The molecule has 0 atom stereocenters. The molecule has 2 rings (SSSR count). The number of halogens is 3. The first-order valence-corrected chi connectivity index (χ1v) is 9.45. The fraction of sp³-hybridized carbons (Fsp3) is 0.706. The van der Waals surface area contributed by atoms with Crippen molar-refractivity contribution in [2.45, 2.75) is 19.5 Å². The number of alkyl halides is 3. The number of anilines is 1. The van der Waals surface area contributed by atoms with Gasteiger partial charge in [-0.15, -0.1) is 0 Å². The molecule has 0 spiro atoms. The lowest BCUT2D eigenvalue weighted by atomic mass is 10.3. The van der Waals surface area contributed by atoms with Crippen molar-refractivity contribution in [1.29, 1.82) is 0 Å². The number of nitrogens with zero attached hydrogens (tertiary/aromatic N) is 4. The van der Waals surface area contributed by atoms with Crippen molar-refractivity contribution < 1.29 is 17.9 Å². The van der Waals surface area contributed by atoms with Gasteiger partial charge in [-0.25, -0.2) is 9.97 Å². The van der Waals surface area contributed by atoms with Crippen molar-refractivity contribution in [2.24, 2.45) is 4.99 Å². The molecule has 11 heteroatoms. The van der Waals surface area contributed by atoms with E-state index in [1.807, 2.05) is 6.92 Å². The number of rotatable bonds is 9. The van der Waals surface area contributed by atoms with E-state index in [0.717, 1.165) is 58.1 Å². The quantitative estimate of drug-likeness (QED) is 0.324. The summed E-state index contributed by atoms with van der Waals surface area (Å²) in [5.41, 5.74) is -0.965. The summed E-state index contributed by atoms with van der Waals surface area (Å²) >= 11 is 0. The molecule has 1 aliphatic rings. The summed E-state index contributed by atoms with van der Waals surface area (Å²) in [6.07, 6.45) is -2.44. The fourth-order valence-electron chi connectivity index (χ4n) is 2.61. The van der Waals surface area contributed by atoms with Crippen molar-refractivity contribution in [3.63, 3.8) is 0 Å². The first-order chi connectivity index (χ1) is 13.5. The Kier molecular flexibility index (Phi) is 9.21. The van der Waals surface area contributed by atoms with Gasteiger partial charge in [-0.3, -0.25) is 9.89 Å². The number of aromatic nitrogens is 2. The summed E-state index contributed by atoms with van der Waals surface area (Å²) in [6.45, 7) is 8.70. The summed E-state index contributed by atoms with van der Waals surface area (Å²) < 4.78 is 43.3. The normalized spacial score (nSPS) is 16.1. The van der Waals surface area contributed by atoms with E-state index in [1.54, 1.807) is 0 Å². The minimum atomic E-state index is -4.48. The maximum atomic E-state index is 12.6. The second kappa shape index (κ2) is 11.6. The Morgan fingerprint density at radius 3 is 2.75 bits per heavy atom. The number of morpholine rings is 1. The zero-order valence-corrected chi connectivity index (χ0v) is 16.1. The number of guanidine groups is 1. The molecule has 0 aliphatic carbocycles. The van der Waals surface area contributed by atoms with Crippen LogP contribution in [0.4, 0.5) is 19.1 Å². The lowest BCUT2D eigenvalue weighted by Gasteiger charge is -2.26. The van der Waals surface area contributed by atoms with Crippen LogP contribution in [-0.2, 0) is 10.9 Å². The number of hydrogen-bond donors (Lipinski definition) is 3. The molecule has 1 aromatic rings. The van der Waals surface area contributed by atoms with Crippen molar-refractivity contribution >= 4 is 11.9 Å². The molecule has 1 aromatic heterocycles. The Bertz CT molecular complexity index is 607. The molecule has 0 aromatic carbocycles. The minimum Gasteiger partial charge on any atom is -0.379 e. The average molecular weight is 403 g/mol. The second-order valence-electron chi connectivity index (χ2n) is 6.19. The van der Waals surface area contributed by atoms with Crippen LogP contribution in [0.3, 0.4) is 0 Å². The van der Waals surface area contributed by atoms with Crippen LogP contribution in [-0.4, -0.2) is 79.9 Å². The molecule has 0 unspecified atom stereocenters. The van der Waals surface area contributed by atoms with E-state index >= 15 is 0 Å². The molecule has 0 radical (unpaired) electrons. The summed E-state index contributed by atoms with van der Waals surface area (Å²) in [5, 5.41) is 9.06. The number of nitrogens with one attached hydrogen (secondary N) is 3. The summed E-state index contributed by atoms with van der Waals surface area (Å²) in [4.78, 5) is 14.1. The predicted molar refractivity (Wildman–Crippen MR) is 101 cm³/mol. The smallest absolute Gasteiger partial charge is 0.379 e. The number of aliphatic imine (C=N–C) groups is 1. The molecular weight excluding hydrogens is 375 g/mol. The molecule has 0 amide bonds. The molecule has 158 valence electrons. The molecule has 1 fully saturated rings. The van der Waals surface area contributed by atoms with Gasteiger partial charge in [-0.1, -0.05) is 0 Å². The van der Waals surface area contributed by atoms with E-state index < -0.39 is 11.9 Å². The summed E-state index contributed by atoms with van der Waals surface area (Å²) in [6, 6.07) is 0.844. The van der Waals surface area contributed by atoms with Crippen LogP contribution in [0.25, 0.3) is 0 Å². The Morgan fingerprint density at radius 2 is 2.04 bits per heavy atom. The topological polar surface area (TPSA) is 86.7 Å². The Labute approximate surface area is 163 Å². The molecule has 28 heavy (non-hydrogen) atoms. The lowest BCUT2D eigenvalue weighted by molar-refractivity contribution is -0.141. The number of ether oxygens (including phenoxy) is 1. The average Bonchev–Trinajstić information content (AvgIpc) is 2.69. The van der Waals surface area contributed by atoms with Gasteiger partial charge < -0.3 is 20.7 Å². The third kappa shape index (κ3) is 8.26. The SMILES string of the molecule is CCNC(=NCCCN1CCOCC1)NCCNc1nccc(C(F)(F)F)n1. The summed E-state index contributed by atoms with van der Waals surface area (Å²) in [7, 11) is 0. The van der Waals surface area contributed by atoms with Crippen molar-refractivity contribution in [1.82, 2.24) is 25.5 Å².